The second-order valence-corrected chi connectivity index (χ2v) is 8.56. The second-order valence-electron chi connectivity index (χ2n) is 8.56. The number of aliphatic hydroxyl groups is 1. The van der Waals surface area contributed by atoms with Gasteiger partial charge in [0.15, 0.2) is 0 Å². The molecular weight excluding hydrogens is 354 g/mol. The summed E-state index contributed by atoms with van der Waals surface area (Å²) >= 11 is 0. The molecule has 0 radical (unpaired) electrons. The molecule has 1 N–H and O–H groups in total. The number of carbonyl (C=O) groups excluding carboxylic acids is 2. The van der Waals surface area contributed by atoms with Crippen molar-refractivity contribution < 1.29 is 14.7 Å². The molecule has 6 nitrogen and oxygen atoms in total. The van der Waals surface area contributed by atoms with Crippen LogP contribution >= 0.6 is 0 Å². The Bertz CT molecular complexity index is 757. The molecule has 1 saturated carbocycles. The number of piperazine rings is 1. The van der Waals surface area contributed by atoms with Gasteiger partial charge >= 0.3 is 0 Å². The monoisotopic (exact) mass is 381 g/mol. The van der Waals surface area contributed by atoms with E-state index < -0.39 is 6.10 Å². The highest BCUT2D eigenvalue weighted by Crippen LogP contribution is 2.52. The Kier molecular flexibility index (Phi) is 4.48. The lowest BCUT2D eigenvalue weighted by Gasteiger charge is -2.37. The third-order valence-electron chi connectivity index (χ3n) is 6.92. The minimum Gasteiger partial charge on any atom is -0.390 e. The number of fused-ring (bicyclic) bond motifs is 5. The maximum absolute atomic E-state index is 12.8. The van der Waals surface area contributed by atoms with Crippen molar-refractivity contribution in [3.8, 4) is 0 Å². The van der Waals surface area contributed by atoms with Crippen LogP contribution in [0.25, 0.3) is 0 Å². The Morgan fingerprint density at radius 1 is 0.893 bits per heavy atom. The van der Waals surface area contributed by atoms with E-state index in [1.807, 2.05) is 18.2 Å². The van der Waals surface area contributed by atoms with Crippen molar-refractivity contribution in [1.82, 2.24) is 9.80 Å². The Labute approximate surface area is 165 Å². The van der Waals surface area contributed by atoms with E-state index in [9.17, 15) is 14.7 Å². The number of hydrogen-bond acceptors (Lipinski definition) is 5. The first-order chi connectivity index (χ1) is 13.6. The summed E-state index contributed by atoms with van der Waals surface area (Å²) in [6, 6.07) is 10.4. The van der Waals surface area contributed by atoms with Crippen molar-refractivity contribution in [2.24, 2.45) is 23.7 Å². The summed E-state index contributed by atoms with van der Waals surface area (Å²) in [5, 5.41) is 10.6. The first-order valence-corrected chi connectivity index (χ1v) is 10.4. The average Bonchev–Trinajstić information content (AvgIpc) is 3.39. The van der Waals surface area contributed by atoms with Gasteiger partial charge in [-0.25, -0.2) is 0 Å². The highest BCUT2D eigenvalue weighted by molar-refractivity contribution is 6.06. The number of carbonyl (C=O) groups is 2. The van der Waals surface area contributed by atoms with Gasteiger partial charge in [-0.05, 0) is 30.4 Å². The zero-order valence-corrected chi connectivity index (χ0v) is 16.0. The topological polar surface area (TPSA) is 64.1 Å². The molecule has 28 heavy (non-hydrogen) atoms. The van der Waals surface area contributed by atoms with Crippen molar-refractivity contribution in [2.75, 3.05) is 44.2 Å². The summed E-state index contributed by atoms with van der Waals surface area (Å²) in [5.74, 6) is -0.0489. The predicted octanol–water partition coefficient (Wildman–Crippen LogP) is 0.977. The minimum atomic E-state index is -0.694. The molecule has 1 aromatic carbocycles. The molecule has 2 amide bonds. The van der Waals surface area contributed by atoms with Crippen LogP contribution in [0, 0.1) is 23.7 Å². The van der Waals surface area contributed by atoms with E-state index in [2.05, 4.69) is 34.1 Å². The number of hydrogen-bond donors (Lipinski definition) is 1. The van der Waals surface area contributed by atoms with Gasteiger partial charge in [-0.3, -0.25) is 19.4 Å². The number of aliphatic hydroxyl groups excluding tert-OH is 1. The first-order valence-electron chi connectivity index (χ1n) is 10.4. The van der Waals surface area contributed by atoms with Gasteiger partial charge in [-0.1, -0.05) is 30.4 Å². The van der Waals surface area contributed by atoms with Crippen molar-refractivity contribution in [1.29, 1.82) is 0 Å². The number of para-hydroxylation sites is 1. The lowest BCUT2D eigenvalue weighted by Crippen LogP contribution is -2.50. The van der Waals surface area contributed by atoms with Crippen LogP contribution in [0.3, 0.4) is 0 Å². The molecule has 4 aliphatic rings. The molecule has 148 valence electrons. The fraction of sp³-hybridized carbons (Fsp3) is 0.545. The number of benzene rings is 1. The summed E-state index contributed by atoms with van der Waals surface area (Å²) in [5.41, 5.74) is 1.23. The van der Waals surface area contributed by atoms with Gasteiger partial charge in [-0.2, -0.15) is 0 Å². The van der Waals surface area contributed by atoms with Gasteiger partial charge in [0, 0.05) is 38.4 Å². The van der Waals surface area contributed by atoms with E-state index in [0.29, 0.717) is 6.54 Å². The van der Waals surface area contributed by atoms with Crippen LogP contribution in [-0.2, 0) is 9.59 Å². The minimum absolute atomic E-state index is 0.0696. The molecule has 1 aromatic rings. The van der Waals surface area contributed by atoms with Crippen LogP contribution in [0.5, 0.6) is 0 Å². The molecule has 5 atom stereocenters. The van der Waals surface area contributed by atoms with Crippen LogP contribution < -0.4 is 4.90 Å². The molecule has 3 fully saturated rings. The molecule has 0 aromatic heterocycles. The van der Waals surface area contributed by atoms with E-state index >= 15 is 0 Å². The number of likely N-dealkylation sites (tertiary alicyclic amines) is 1. The molecule has 2 aliphatic carbocycles. The molecule has 5 rings (SSSR count). The van der Waals surface area contributed by atoms with Crippen molar-refractivity contribution in [3.05, 3.63) is 42.5 Å². The van der Waals surface area contributed by atoms with Gasteiger partial charge < -0.3 is 10.0 Å². The third-order valence-corrected chi connectivity index (χ3v) is 6.92. The van der Waals surface area contributed by atoms with Gasteiger partial charge in [0.2, 0.25) is 11.8 Å². The number of allylic oxidation sites excluding steroid dienone is 2. The van der Waals surface area contributed by atoms with Crippen LogP contribution in [0.4, 0.5) is 5.69 Å². The van der Waals surface area contributed by atoms with Gasteiger partial charge in [0.1, 0.15) is 0 Å². The van der Waals surface area contributed by atoms with E-state index in [4.69, 9.17) is 0 Å². The third kappa shape index (κ3) is 2.95. The molecule has 6 heteroatoms. The molecule has 0 spiro atoms. The highest BCUT2D eigenvalue weighted by Gasteiger charge is 2.59. The predicted molar refractivity (Wildman–Crippen MR) is 106 cm³/mol. The van der Waals surface area contributed by atoms with Gasteiger partial charge in [-0.15, -0.1) is 0 Å². The van der Waals surface area contributed by atoms with Crippen LogP contribution in [0.1, 0.15) is 6.42 Å². The molecule has 2 saturated heterocycles. The number of anilines is 1. The number of rotatable bonds is 5. The van der Waals surface area contributed by atoms with E-state index in [1.165, 1.54) is 10.6 Å². The quantitative estimate of drug-likeness (QED) is 0.608. The van der Waals surface area contributed by atoms with E-state index in [1.54, 1.807) is 0 Å². The standard InChI is InChI=1S/C22H27N3O3/c26-18(13-23-8-10-24(11-9-23)17-4-2-1-3-5-17)14-25-21(27)19-15-6-7-16(12-15)20(19)22(25)28/h1-7,15-16,18-20,26H,8-14H2. The zero-order chi connectivity index (χ0) is 19.3. The van der Waals surface area contributed by atoms with Crippen LogP contribution in [0.15, 0.2) is 42.5 Å². The first kappa shape index (κ1) is 17.9. The molecule has 2 heterocycles. The Hall–Kier alpha value is -2.18. The Morgan fingerprint density at radius 3 is 2.11 bits per heavy atom. The fourth-order valence-corrected chi connectivity index (χ4v) is 5.54. The Balaban J connectivity index is 1.14. The maximum Gasteiger partial charge on any atom is 0.233 e. The van der Waals surface area contributed by atoms with Crippen molar-refractivity contribution >= 4 is 17.5 Å². The molecular formula is C22H27N3O3. The van der Waals surface area contributed by atoms with E-state index in [0.717, 1.165) is 32.6 Å². The summed E-state index contributed by atoms with van der Waals surface area (Å²) in [6.07, 6.45) is 4.45. The fourth-order valence-electron chi connectivity index (χ4n) is 5.54. The number of nitrogens with zero attached hydrogens (tertiary/aromatic N) is 3. The molecule has 2 bridgehead atoms. The van der Waals surface area contributed by atoms with Crippen LogP contribution in [0.2, 0.25) is 0 Å². The number of β-amino-alcohol motifs (C(OH)–C–C–N with tert-alkyl or cyclic N) is 1. The lowest BCUT2D eigenvalue weighted by molar-refractivity contribution is -0.142. The van der Waals surface area contributed by atoms with Crippen LogP contribution in [-0.4, -0.2) is 72.1 Å². The van der Waals surface area contributed by atoms with Gasteiger partial charge in [0.05, 0.1) is 24.5 Å². The summed E-state index contributed by atoms with van der Waals surface area (Å²) in [7, 11) is 0. The average molecular weight is 381 g/mol. The lowest BCUT2D eigenvalue weighted by atomic mass is 9.85. The van der Waals surface area contributed by atoms with Gasteiger partial charge in [0.25, 0.3) is 0 Å². The Morgan fingerprint density at radius 2 is 1.50 bits per heavy atom. The number of imide groups is 1. The second kappa shape index (κ2) is 7.01. The SMILES string of the molecule is O=C1C2C3C=CC(C3)C2C(=O)N1CC(O)CN1CCN(c2ccccc2)CC1. The smallest absolute Gasteiger partial charge is 0.233 e. The summed E-state index contributed by atoms with van der Waals surface area (Å²) in [4.78, 5) is 31.4. The van der Waals surface area contributed by atoms with Crippen molar-refractivity contribution in [3.63, 3.8) is 0 Å². The maximum atomic E-state index is 12.8. The highest BCUT2D eigenvalue weighted by atomic mass is 16.3. The van der Waals surface area contributed by atoms with Crippen molar-refractivity contribution in [2.45, 2.75) is 12.5 Å². The largest absolute Gasteiger partial charge is 0.390 e. The van der Waals surface area contributed by atoms with E-state index in [-0.39, 0.29) is 42.0 Å². The summed E-state index contributed by atoms with van der Waals surface area (Å²) < 4.78 is 0. The number of amides is 2. The molecule has 5 unspecified atom stereocenters. The zero-order valence-electron chi connectivity index (χ0n) is 16.0. The normalized spacial score (nSPS) is 33.0. The molecule has 2 aliphatic heterocycles. The summed E-state index contributed by atoms with van der Waals surface area (Å²) in [6.45, 7) is 4.19.